The van der Waals surface area contributed by atoms with Crippen LogP contribution in [0.3, 0.4) is 0 Å². The Balaban J connectivity index is 1.37. The molecule has 0 bridgehead atoms. The van der Waals surface area contributed by atoms with Gasteiger partial charge < -0.3 is 14.7 Å². The minimum atomic E-state index is 0.738. The topological polar surface area (TPSA) is 9.72 Å². The van der Waals surface area contributed by atoms with Crippen molar-refractivity contribution in [3.63, 3.8) is 0 Å². The summed E-state index contributed by atoms with van der Waals surface area (Å²) in [7, 11) is 4.62. The summed E-state index contributed by atoms with van der Waals surface area (Å²) in [6.45, 7) is 10.2. The molecule has 2 heterocycles. The van der Waals surface area contributed by atoms with Gasteiger partial charge in [0.2, 0.25) is 0 Å². The van der Waals surface area contributed by atoms with Gasteiger partial charge in [0, 0.05) is 25.7 Å². The van der Waals surface area contributed by atoms with Crippen LogP contribution in [0.4, 0.5) is 0 Å². The van der Waals surface area contributed by atoms with Crippen molar-refractivity contribution >= 4 is 0 Å². The molecule has 1 spiro atoms. The van der Waals surface area contributed by atoms with Crippen molar-refractivity contribution in [1.29, 1.82) is 0 Å². The zero-order chi connectivity index (χ0) is 13.5. The van der Waals surface area contributed by atoms with E-state index in [-0.39, 0.29) is 0 Å². The van der Waals surface area contributed by atoms with Crippen molar-refractivity contribution < 1.29 is 0 Å². The van der Waals surface area contributed by atoms with Crippen molar-refractivity contribution in [3.05, 3.63) is 0 Å². The van der Waals surface area contributed by atoms with Crippen LogP contribution in [0.2, 0.25) is 0 Å². The molecule has 2 saturated heterocycles. The fourth-order valence-electron chi connectivity index (χ4n) is 4.44. The molecule has 19 heavy (non-hydrogen) atoms. The van der Waals surface area contributed by atoms with Crippen LogP contribution in [0.5, 0.6) is 0 Å². The Hall–Kier alpha value is -0.120. The number of hydrogen-bond donors (Lipinski definition) is 0. The Morgan fingerprint density at radius 2 is 1.79 bits per heavy atom. The van der Waals surface area contributed by atoms with Gasteiger partial charge in [-0.15, -0.1) is 0 Å². The summed E-state index contributed by atoms with van der Waals surface area (Å²) in [4.78, 5) is 7.74. The number of likely N-dealkylation sites (tertiary alicyclic amines) is 2. The second-order valence-electron chi connectivity index (χ2n) is 7.55. The molecule has 3 fully saturated rings. The smallest absolute Gasteiger partial charge is 0.0105 e. The Kier molecular flexibility index (Phi) is 3.89. The number of hydrogen-bond acceptors (Lipinski definition) is 3. The molecule has 3 heteroatoms. The Morgan fingerprint density at radius 3 is 2.37 bits per heavy atom. The monoisotopic (exact) mass is 265 g/mol. The van der Waals surface area contributed by atoms with Crippen LogP contribution in [0.1, 0.15) is 32.6 Å². The SMILES string of the molecule is CCN1CC2(CC(N(C)CC3CCN(C)CC3)C2)C1. The summed E-state index contributed by atoms with van der Waals surface area (Å²) in [6.07, 6.45) is 5.74. The number of nitrogens with zero attached hydrogens (tertiary/aromatic N) is 3. The van der Waals surface area contributed by atoms with Gasteiger partial charge >= 0.3 is 0 Å². The van der Waals surface area contributed by atoms with E-state index in [1.807, 2.05) is 0 Å². The van der Waals surface area contributed by atoms with Crippen LogP contribution in [0.25, 0.3) is 0 Å². The first-order chi connectivity index (χ1) is 9.10. The van der Waals surface area contributed by atoms with Crippen molar-refractivity contribution in [2.24, 2.45) is 11.3 Å². The highest BCUT2D eigenvalue weighted by atomic mass is 15.2. The third-order valence-corrected chi connectivity index (χ3v) is 5.91. The third-order valence-electron chi connectivity index (χ3n) is 5.91. The van der Waals surface area contributed by atoms with Crippen LogP contribution >= 0.6 is 0 Å². The largest absolute Gasteiger partial charge is 0.306 e. The third kappa shape index (κ3) is 2.84. The molecular formula is C16H31N3. The predicted molar refractivity (Wildman–Crippen MR) is 80.4 cm³/mol. The summed E-state index contributed by atoms with van der Waals surface area (Å²) in [6, 6.07) is 0.888. The zero-order valence-corrected chi connectivity index (χ0v) is 13.1. The minimum absolute atomic E-state index is 0.738. The Labute approximate surface area is 118 Å². The highest BCUT2D eigenvalue weighted by Crippen LogP contribution is 2.49. The molecule has 1 saturated carbocycles. The maximum atomic E-state index is 2.68. The van der Waals surface area contributed by atoms with Crippen LogP contribution < -0.4 is 0 Å². The number of rotatable bonds is 4. The van der Waals surface area contributed by atoms with Gasteiger partial charge in [-0.2, -0.15) is 0 Å². The molecule has 110 valence electrons. The fourth-order valence-corrected chi connectivity index (χ4v) is 4.44. The molecule has 0 amide bonds. The molecule has 0 unspecified atom stereocenters. The second-order valence-corrected chi connectivity index (χ2v) is 7.55. The molecule has 0 radical (unpaired) electrons. The van der Waals surface area contributed by atoms with E-state index in [4.69, 9.17) is 0 Å². The maximum absolute atomic E-state index is 2.68. The normalized spacial score (nSPS) is 29.7. The lowest BCUT2D eigenvalue weighted by molar-refractivity contribution is -0.105. The van der Waals surface area contributed by atoms with Gasteiger partial charge in [-0.3, -0.25) is 0 Å². The molecule has 3 aliphatic rings. The van der Waals surface area contributed by atoms with E-state index in [0.29, 0.717) is 0 Å². The molecule has 0 aromatic rings. The van der Waals surface area contributed by atoms with Gasteiger partial charge in [-0.05, 0) is 70.7 Å². The molecular weight excluding hydrogens is 234 g/mol. The van der Waals surface area contributed by atoms with Crippen LogP contribution in [0.15, 0.2) is 0 Å². The van der Waals surface area contributed by atoms with Crippen LogP contribution in [0, 0.1) is 11.3 Å². The lowest BCUT2D eigenvalue weighted by Crippen LogP contribution is -2.66. The highest BCUT2D eigenvalue weighted by Gasteiger charge is 2.52. The van der Waals surface area contributed by atoms with E-state index in [1.54, 1.807) is 0 Å². The van der Waals surface area contributed by atoms with E-state index in [0.717, 1.165) is 17.4 Å². The predicted octanol–water partition coefficient (Wildman–Crippen LogP) is 1.74. The van der Waals surface area contributed by atoms with Gasteiger partial charge in [0.1, 0.15) is 0 Å². The van der Waals surface area contributed by atoms with Gasteiger partial charge in [0.25, 0.3) is 0 Å². The van der Waals surface area contributed by atoms with Crippen molar-refractivity contribution in [1.82, 2.24) is 14.7 Å². The van der Waals surface area contributed by atoms with Crippen molar-refractivity contribution in [2.75, 3.05) is 53.4 Å². The van der Waals surface area contributed by atoms with Crippen LogP contribution in [-0.2, 0) is 0 Å². The first kappa shape index (κ1) is 13.8. The summed E-state index contributed by atoms with van der Waals surface area (Å²) in [5.74, 6) is 0.950. The van der Waals surface area contributed by atoms with Crippen LogP contribution in [-0.4, -0.2) is 74.1 Å². The molecule has 3 rings (SSSR count). The summed E-state index contributed by atoms with van der Waals surface area (Å²) in [5.41, 5.74) is 0.738. The highest BCUT2D eigenvalue weighted by molar-refractivity contribution is 5.07. The Morgan fingerprint density at radius 1 is 1.16 bits per heavy atom. The Bertz CT molecular complexity index is 295. The van der Waals surface area contributed by atoms with Crippen molar-refractivity contribution in [3.8, 4) is 0 Å². The average Bonchev–Trinajstić information content (AvgIpc) is 2.29. The number of piperidine rings is 1. The summed E-state index contributed by atoms with van der Waals surface area (Å²) >= 11 is 0. The van der Waals surface area contributed by atoms with E-state index in [9.17, 15) is 0 Å². The first-order valence-electron chi connectivity index (χ1n) is 8.21. The lowest BCUT2D eigenvalue weighted by Gasteiger charge is -2.61. The maximum Gasteiger partial charge on any atom is 0.0105 e. The molecule has 3 nitrogen and oxygen atoms in total. The zero-order valence-electron chi connectivity index (χ0n) is 13.1. The molecule has 0 atom stereocenters. The molecule has 2 aliphatic heterocycles. The average molecular weight is 265 g/mol. The quantitative estimate of drug-likeness (QED) is 0.767. The van der Waals surface area contributed by atoms with E-state index < -0.39 is 0 Å². The van der Waals surface area contributed by atoms with E-state index in [2.05, 4.69) is 35.7 Å². The molecule has 0 aromatic heterocycles. The van der Waals surface area contributed by atoms with Crippen molar-refractivity contribution in [2.45, 2.75) is 38.6 Å². The molecule has 1 aliphatic carbocycles. The molecule has 0 aromatic carbocycles. The lowest BCUT2D eigenvalue weighted by atomic mass is 9.60. The standard InChI is InChI=1S/C16H31N3/c1-4-19-12-16(13-19)9-15(10-16)18(3)11-14-5-7-17(2)8-6-14/h14-15H,4-13H2,1-3H3. The van der Waals surface area contributed by atoms with Gasteiger partial charge in [-0.1, -0.05) is 6.92 Å². The second kappa shape index (κ2) is 5.34. The van der Waals surface area contributed by atoms with E-state index >= 15 is 0 Å². The summed E-state index contributed by atoms with van der Waals surface area (Å²) in [5, 5.41) is 0. The minimum Gasteiger partial charge on any atom is -0.306 e. The van der Waals surface area contributed by atoms with Gasteiger partial charge in [0.05, 0.1) is 0 Å². The summed E-state index contributed by atoms with van der Waals surface area (Å²) < 4.78 is 0. The first-order valence-corrected chi connectivity index (χ1v) is 8.21. The fraction of sp³-hybridized carbons (Fsp3) is 1.00. The van der Waals surface area contributed by atoms with Gasteiger partial charge in [0.15, 0.2) is 0 Å². The van der Waals surface area contributed by atoms with Gasteiger partial charge in [-0.25, -0.2) is 0 Å². The molecule has 0 N–H and O–H groups in total. The van der Waals surface area contributed by atoms with E-state index in [1.165, 1.54) is 65.0 Å².